The Kier molecular flexibility index (Phi) is 4.83. The Morgan fingerprint density at radius 2 is 2.19 bits per heavy atom. The normalized spacial score (nSPS) is 27.7. The van der Waals surface area contributed by atoms with Gasteiger partial charge in [0, 0.05) is 18.7 Å². The summed E-state index contributed by atoms with van der Waals surface area (Å²) in [6, 6.07) is 1.10. The van der Waals surface area contributed by atoms with Crippen LogP contribution in [0.1, 0.15) is 12.6 Å². The molecular formula is C9H12BrN2O8P. The molecule has 1 aromatic heterocycles. The van der Waals surface area contributed by atoms with E-state index in [2.05, 4.69) is 20.5 Å². The summed E-state index contributed by atoms with van der Waals surface area (Å²) in [5.74, 6) is 0. The summed E-state index contributed by atoms with van der Waals surface area (Å²) in [4.78, 5) is 42.4. The number of ether oxygens (including phenoxy) is 1. The predicted octanol–water partition coefficient (Wildman–Crippen LogP) is -0.985. The highest BCUT2D eigenvalue weighted by Gasteiger charge is 2.43. The molecule has 1 saturated heterocycles. The van der Waals surface area contributed by atoms with Gasteiger partial charge in [0.2, 0.25) is 0 Å². The van der Waals surface area contributed by atoms with Gasteiger partial charge in [-0.2, -0.15) is 0 Å². The van der Waals surface area contributed by atoms with Crippen molar-refractivity contribution in [1.29, 1.82) is 0 Å². The Hall–Kier alpha value is -0.810. The second kappa shape index (κ2) is 6.13. The number of aromatic amines is 1. The van der Waals surface area contributed by atoms with Crippen molar-refractivity contribution in [3.8, 4) is 0 Å². The van der Waals surface area contributed by atoms with E-state index in [0.29, 0.717) is 0 Å². The summed E-state index contributed by atoms with van der Waals surface area (Å²) >= 11 is 2.83. The van der Waals surface area contributed by atoms with Crippen LogP contribution in [-0.4, -0.2) is 41.7 Å². The van der Waals surface area contributed by atoms with Gasteiger partial charge >= 0.3 is 13.5 Å². The van der Waals surface area contributed by atoms with Crippen LogP contribution in [0, 0.1) is 0 Å². The highest BCUT2D eigenvalue weighted by atomic mass is 79.9. The third kappa shape index (κ3) is 4.10. The lowest BCUT2D eigenvalue weighted by Gasteiger charge is -2.20. The molecule has 0 amide bonds. The van der Waals surface area contributed by atoms with E-state index in [1.807, 2.05) is 4.98 Å². The molecule has 0 spiro atoms. The fraction of sp³-hybridized carbons (Fsp3) is 0.556. The minimum atomic E-state index is -4.79. The lowest BCUT2D eigenvalue weighted by molar-refractivity contribution is -0.0536. The van der Waals surface area contributed by atoms with E-state index in [9.17, 15) is 19.3 Å². The van der Waals surface area contributed by atoms with E-state index < -0.39 is 42.5 Å². The molecule has 2 heterocycles. The number of phosphoric acid groups is 1. The van der Waals surface area contributed by atoms with Gasteiger partial charge in [0.15, 0.2) is 0 Å². The summed E-state index contributed by atoms with van der Waals surface area (Å²) in [6.07, 6.45) is -2.08. The molecule has 2 rings (SSSR count). The average Bonchev–Trinajstić information content (AvgIpc) is 2.70. The summed E-state index contributed by atoms with van der Waals surface area (Å²) in [7, 11) is -4.79. The Bertz CT molecular complexity index is 666. The molecule has 4 atom stereocenters. The number of aromatic nitrogens is 2. The van der Waals surface area contributed by atoms with Crippen molar-refractivity contribution >= 4 is 23.8 Å². The second-order valence-electron chi connectivity index (χ2n) is 4.32. The van der Waals surface area contributed by atoms with Crippen molar-refractivity contribution in [3.05, 3.63) is 33.1 Å². The number of phosphoric ester groups is 1. The van der Waals surface area contributed by atoms with Gasteiger partial charge < -0.3 is 19.6 Å². The molecule has 0 radical (unpaired) electrons. The van der Waals surface area contributed by atoms with Crippen LogP contribution in [-0.2, 0) is 13.8 Å². The number of halogens is 1. The second-order valence-corrected chi connectivity index (χ2v) is 6.45. The number of hydrogen-bond acceptors (Lipinski definition) is 6. The Morgan fingerprint density at radius 1 is 1.52 bits per heavy atom. The molecule has 1 unspecified atom stereocenters. The fourth-order valence-corrected chi connectivity index (χ4v) is 3.04. The van der Waals surface area contributed by atoms with E-state index in [4.69, 9.17) is 14.5 Å². The predicted molar refractivity (Wildman–Crippen MR) is 71.7 cm³/mol. The maximum atomic E-state index is 11.7. The molecule has 1 aliphatic heterocycles. The Balaban J connectivity index is 2.26. The number of nitrogens with one attached hydrogen (secondary N) is 1. The molecule has 1 aliphatic rings. The van der Waals surface area contributed by atoms with Gasteiger partial charge in [0.25, 0.3) is 5.56 Å². The highest BCUT2D eigenvalue weighted by molar-refractivity contribution is 9.09. The monoisotopic (exact) mass is 386 g/mol. The zero-order valence-electron chi connectivity index (χ0n) is 10.3. The topological polar surface area (TPSA) is 151 Å². The first-order valence-corrected chi connectivity index (χ1v) is 8.15. The van der Waals surface area contributed by atoms with E-state index in [1.54, 1.807) is 0 Å². The SMILES string of the molecule is O=c1ccn([C@H]2C[C@H](OP(=O)(O)O)[C@@H](C(O)Br)O2)c(=O)[nH]1. The zero-order chi connectivity index (χ0) is 15.8. The molecule has 0 bridgehead atoms. The van der Waals surface area contributed by atoms with Gasteiger partial charge in [-0.15, -0.1) is 0 Å². The number of nitrogens with zero attached hydrogens (tertiary/aromatic N) is 1. The number of H-pyrrole nitrogens is 1. The van der Waals surface area contributed by atoms with Crippen molar-refractivity contribution in [2.45, 2.75) is 29.9 Å². The molecule has 21 heavy (non-hydrogen) atoms. The average molecular weight is 387 g/mol. The van der Waals surface area contributed by atoms with Gasteiger partial charge in [-0.05, 0) is 0 Å². The van der Waals surface area contributed by atoms with Crippen LogP contribution in [0.25, 0.3) is 0 Å². The number of rotatable bonds is 4. The minimum Gasteiger partial charge on any atom is -0.379 e. The lowest BCUT2D eigenvalue weighted by Crippen LogP contribution is -2.33. The first kappa shape index (κ1) is 16.6. The van der Waals surface area contributed by atoms with E-state index >= 15 is 0 Å². The van der Waals surface area contributed by atoms with Gasteiger partial charge in [-0.3, -0.25) is 18.9 Å². The standard InChI is InChI=1S/C9H12BrN2O8P/c10-8(14)7-4(20-21(16,17)18)3-6(19-7)12-2-1-5(13)11-9(12)15/h1-2,4,6-8,14H,3H2,(H,11,13,15)(H2,16,17,18)/t4-,6+,7-,8?/m0/s1. The molecular weight excluding hydrogens is 375 g/mol. The summed E-state index contributed by atoms with van der Waals surface area (Å²) in [5.41, 5.74) is -1.33. The summed E-state index contributed by atoms with van der Waals surface area (Å²) in [6.45, 7) is 0. The number of aliphatic hydroxyl groups is 1. The Labute approximate surface area is 125 Å². The molecule has 0 aromatic carbocycles. The van der Waals surface area contributed by atoms with Crippen molar-refractivity contribution in [2.75, 3.05) is 0 Å². The molecule has 0 aliphatic carbocycles. The molecule has 12 heteroatoms. The smallest absolute Gasteiger partial charge is 0.379 e. The summed E-state index contributed by atoms with van der Waals surface area (Å²) < 4.78 is 21.9. The number of alkyl halides is 1. The number of aliphatic hydroxyl groups excluding tert-OH is 1. The lowest BCUT2D eigenvalue weighted by atomic mass is 10.2. The maximum absolute atomic E-state index is 11.7. The zero-order valence-corrected chi connectivity index (χ0v) is 12.8. The number of hydrogen-bond donors (Lipinski definition) is 4. The third-order valence-electron chi connectivity index (χ3n) is 2.82. The molecule has 0 saturated carbocycles. The van der Waals surface area contributed by atoms with Gasteiger partial charge in [0.05, 0.1) is 0 Å². The first-order chi connectivity index (χ1) is 9.67. The molecule has 10 nitrogen and oxygen atoms in total. The molecule has 1 aromatic rings. The molecule has 118 valence electrons. The van der Waals surface area contributed by atoms with E-state index in [0.717, 1.165) is 10.6 Å². The van der Waals surface area contributed by atoms with E-state index in [-0.39, 0.29) is 6.42 Å². The van der Waals surface area contributed by atoms with Crippen LogP contribution in [0.15, 0.2) is 21.9 Å². The maximum Gasteiger partial charge on any atom is 0.469 e. The van der Waals surface area contributed by atoms with Crippen LogP contribution in [0.3, 0.4) is 0 Å². The van der Waals surface area contributed by atoms with Crippen molar-refractivity contribution in [1.82, 2.24) is 9.55 Å². The van der Waals surface area contributed by atoms with Crippen LogP contribution in [0.5, 0.6) is 0 Å². The molecule has 4 N–H and O–H groups in total. The Morgan fingerprint density at radius 3 is 2.71 bits per heavy atom. The fourth-order valence-electron chi connectivity index (χ4n) is 2.01. The van der Waals surface area contributed by atoms with Crippen molar-refractivity contribution in [2.24, 2.45) is 0 Å². The van der Waals surface area contributed by atoms with Gasteiger partial charge in [-0.1, -0.05) is 15.9 Å². The quantitative estimate of drug-likeness (QED) is 0.380. The van der Waals surface area contributed by atoms with Crippen LogP contribution in [0.2, 0.25) is 0 Å². The van der Waals surface area contributed by atoms with Crippen molar-refractivity contribution in [3.63, 3.8) is 0 Å². The van der Waals surface area contributed by atoms with Crippen LogP contribution in [0.4, 0.5) is 0 Å². The molecule has 1 fully saturated rings. The van der Waals surface area contributed by atoms with Crippen molar-refractivity contribution < 1.29 is 28.7 Å². The van der Waals surface area contributed by atoms with E-state index in [1.165, 1.54) is 6.20 Å². The van der Waals surface area contributed by atoms with Gasteiger partial charge in [-0.25, -0.2) is 9.36 Å². The third-order valence-corrected chi connectivity index (χ3v) is 3.89. The van der Waals surface area contributed by atoms with Crippen LogP contribution < -0.4 is 11.2 Å². The van der Waals surface area contributed by atoms with Crippen LogP contribution >= 0.6 is 23.8 Å². The minimum absolute atomic E-state index is 0.0929. The summed E-state index contributed by atoms with van der Waals surface area (Å²) in [5, 5.41) is 8.26. The highest BCUT2D eigenvalue weighted by Crippen LogP contribution is 2.44. The largest absolute Gasteiger partial charge is 0.469 e. The van der Waals surface area contributed by atoms with Gasteiger partial charge in [0.1, 0.15) is 23.4 Å². The first-order valence-electron chi connectivity index (χ1n) is 5.70.